The maximum Gasteiger partial charge on any atom is 0.222 e. The number of rotatable bonds is 5. The Morgan fingerprint density at radius 1 is 1.38 bits per heavy atom. The lowest BCUT2D eigenvalue weighted by molar-refractivity contribution is -0.138. The first kappa shape index (κ1) is 17.4. The predicted molar refractivity (Wildman–Crippen MR) is 93.5 cm³/mol. The summed E-state index contributed by atoms with van der Waals surface area (Å²) >= 11 is 0. The summed E-state index contributed by atoms with van der Waals surface area (Å²) < 4.78 is 5.64. The van der Waals surface area contributed by atoms with E-state index < -0.39 is 0 Å². The van der Waals surface area contributed by atoms with Gasteiger partial charge in [0.2, 0.25) is 5.91 Å². The fraction of sp³-hybridized carbons (Fsp3) is 0.684. The van der Waals surface area contributed by atoms with Crippen molar-refractivity contribution >= 4 is 5.91 Å². The summed E-state index contributed by atoms with van der Waals surface area (Å²) in [6.07, 6.45) is 6.78. The van der Waals surface area contributed by atoms with Gasteiger partial charge in [0.1, 0.15) is 0 Å². The number of pyridine rings is 1. The Labute approximate surface area is 145 Å². The minimum Gasteiger partial charge on any atom is -0.378 e. The van der Waals surface area contributed by atoms with Crippen LogP contribution < -0.4 is 0 Å². The van der Waals surface area contributed by atoms with Crippen LogP contribution in [0.4, 0.5) is 0 Å². The van der Waals surface area contributed by atoms with E-state index in [1.165, 1.54) is 5.56 Å². The lowest BCUT2D eigenvalue weighted by Crippen LogP contribution is -2.60. The van der Waals surface area contributed by atoms with Crippen molar-refractivity contribution in [3.05, 3.63) is 30.1 Å². The summed E-state index contributed by atoms with van der Waals surface area (Å²) in [5.41, 5.74) is 1.23. The van der Waals surface area contributed by atoms with Crippen molar-refractivity contribution in [2.75, 3.05) is 26.7 Å². The fourth-order valence-corrected chi connectivity index (χ4v) is 3.96. The zero-order valence-electron chi connectivity index (χ0n) is 15.0. The molecule has 0 aliphatic carbocycles. The van der Waals surface area contributed by atoms with Gasteiger partial charge in [-0.25, -0.2) is 0 Å². The van der Waals surface area contributed by atoms with Crippen molar-refractivity contribution in [3.63, 3.8) is 0 Å². The van der Waals surface area contributed by atoms with Gasteiger partial charge in [-0.3, -0.25) is 14.7 Å². The first-order valence-electron chi connectivity index (χ1n) is 9.06. The summed E-state index contributed by atoms with van der Waals surface area (Å²) in [6, 6.07) is 4.96. The van der Waals surface area contributed by atoms with Crippen molar-refractivity contribution < 1.29 is 9.53 Å². The molecule has 2 atom stereocenters. The molecule has 24 heavy (non-hydrogen) atoms. The molecule has 3 heterocycles. The highest BCUT2D eigenvalue weighted by Gasteiger charge is 2.44. The van der Waals surface area contributed by atoms with Gasteiger partial charge in [-0.2, -0.15) is 0 Å². The standard InChI is InChI=1S/C19H29N3O2/c1-14(2)11-18(23)21-9-6-16(7-10-21)22-13-17(24-3)19(22)15-5-4-8-20-12-15/h4-5,8,12,14,16-17,19H,6-7,9-11,13H2,1-3H3. The molecule has 0 aromatic carbocycles. The van der Waals surface area contributed by atoms with E-state index in [1.807, 2.05) is 23.4 Å². The number of aromatic nitrogens is 1. The van der Waals surface area contributed by atoms with Gasteiger partial charge in [0.15, 0.2) is 0 Å². The van der Waals surface area contributed by atoms with Gasteiger partial charge in [-0.1, -0.05) is 19.9 Å². The predicted octanol–water partition coefficient (Wildman–Crippen LogP) is 2.49. The summed E-state index contributed by atoms with van der Waals surface area (Å²) in [4.78, 5) is 21.1. The second kappa shape index (κ2) is 7.62. The minimum atomic E-state index is 0.245. The number of amides is 1. The van der Waals surface area contributed by atoms with Crippen molar-refractivity contribution in [1.29, 1.82) is 0 Å². The Kier molecular flexibility index (Phi) is 5.51. The molecule has 2 saturated heterocycles. The number of hydrogen-bond acceptors (Lipinski definition) is 4. The monoisotopic (exact) mass is 331 g/mol. The zero-order chi connectivity index (χ0) is 17.1. The lowest BCUT2D eigenvalue weighted by Gasteiger charge is -2.53. The van der Waals surface area contributed by atoms with Crippen LogP contribution in [0.15, 0.2) is 24.5 Å². The molecule has 2 aliphatic heterocycles. The van der Waals surface area contributed by atoms with Gasteiger partial charge in [-0.05, 0) is 30.4 Å². The average Bonchev–Trinajstić information content (AvgIpc) is 2.55. The molecule has 1 amide bonds. The first-order valence-corrected chi connectivity index (χ1v) is 9.06. The lowest BCUT2D eigenvalue weighted by atomic mass is 9.87. The Bertz CT molecular complexity index is 541. The molecule has 0 N–H and O–H groups in total. The molecule has 0 bridgehead atoms. The van der Waals surface area contributed by atoms with Crippen molar-refractivity contribution in [2.45, 2.75) is 51.3 Å². The third-order valence-electron chi connectivity index (χ3n) is 5.30. The number of likely N-dealkylation sites (tertiary alicyclic amines) is 2. The molecular formula is C19H29N3O2. The van der Waals surface area contributed by atoms with Crippen LogP contribution in [0.2, 0.25) is 0 Å². The molecule has 2 unspecified atom stereocenters. The Morgan fingerprint density at radius 2 is 2.12 bits per heavy atom. The number of methoxy groups -OCH3 is 1. The van der Waals surface area contributed by atoms with Gasteiger partial charge >= 0.3 is 0 Å². The Balaban J connectivity index is 1.59. The molecule has 1 aromatic rings. The number of hydrogen-bond donors (Lipinski definition) is 0. The SMILES string of the molecule is COC1CN(C2CCN(C(=O)CC(C)C)CC2)C1c1cccnc1. The summed E-state index contributed by atoms with van der Waals surface area (Å²) in [5, 5.41) is 0. The van der Waals surface area contributed by atoms with Crippen LogP contribution in [-0.2, 0) is 9.53 Å². The van der Waals surface area contributed by atoms with E-state index in [9.17, 15) is 4.79 Å². The van der Waals surface area contributed by atoms with E-state index in [1.54, 1.807) is 7.11 Å². The quantitative estimate of drug-likeness (QED) is 0.832. The molecule has 5 nitrogen and oxygen atoms in total. The molecule has 2 fully saturated rings. The third kappa shape index (κ3) is 3.62. The molecule has 0 radical (unpaired) electrons. The van der Waals surface area contributed by atoms with Gasteiger partial charge < -0.3 is 9.64 Å². The van der Waals surface area contributed by atoms with Gasteiger partial charge in [-0.15, -0.1) is 0 Å². The second-order valence-electron chi connectivity index (χ2n) is 7.41. The van der Waals surface area contributed by atoms with E-state index in [2.05, 4.69) is 29.8 Å². The van der Waals surface area contributed by atoms with E-state index in [0.717, 1.165) is 32.5 Å². The molecule has 132 valence electrons. The molecule has 1 aromatic heterocycles. The number of nitrogens with zero attached hydrogens (tertiary/aromatic N) is 3. The summed E-state index contributed by atoms with van der Waals surface area (Å²) in [7, 11) is 1.79. The van der Waals surface area contributed by atoms with Gasteiger partial charge in [0.05, 0.1) is 12.1 Å². The Hall–Kier alpha value is -1.46. The highest BCUT2D eigenvalue weighted by atomic mass is 16.5. The van der Waals surface area contributed by atoms with Crippen LogP contribution in [-0.4, -0.2) is 59.6 Å². The van der Waals surface area contributed by atoms with Crippen LogP contribution in [0.1, 0.15) is 44.7 Å². The largest absolute Gasteiger partial charge is 0.378 e. The Morgan fingerprint density at radius 3 is 2.71 bits per heavy atom. The maximum atomic E-state index is 12.2. The van der Waals surface area contributed by atoms with E-state index in [0.29, 0.717) is 30.3 Å². The number of ether oxygens (including phenoxy) is 1. The molecular weight excluding hydrogens is 302 g/mol. The minimum absolute atomic E-state index is 0.245. The van der Waals surface area contributed by atoms with E-state index in [-0.39, 0.29) is 6.10 Å². The molecule has 3 rings (SSSR count). The van der Waals surface area contributed by atoms with Crippen molar-refractivity contribution in [2.24, 2.45) is 5.92 Å². The highest BCUT2D eigenvalue weighted by molar-refractivity contribution is 5.76. The molecule has 0 spiro atoms. The molecule has 2 aliphatic rings. The first-order chi connectivity index (χ1) is 11.6. The van der Waals surface area contributed by atoms with E-state index in [4.69, 9.17) is 4.74 Å². The molecule has 5 heteroatoms. The maximum absolute atomic E-state index is 12.2. The zero-order valence-corrected chi connectivity index (χ0v) is 15.0. The molecule has 0 saturated carbocycles. The smallest absolute Gasteiger partial charge is 0.222 e. The van der Waals surface area contributed by atoms with Crippen LogP contribution >= 0.6 is 0 Å². The highest BCUT2D eigenvalue weighted by Crippen LogP contribution is 2.39. The van der Waals surface area contributed by atoms with Crippen molar-refractivity contribution in [1.82, 2.24) is 14.8 Å². The third-order valence-corrected chi connectivity index (χ3v) is 5.30. The van der Waals surface area contributed by atoms with Crippen LogP contribution in [0.5, 0.6) is 0 Å². The van der Waals surface area contributed by atoms with Gasteiger partial charge in [0, 0.05) is 51.6 Å². The van der Waals surface area contributed by atoms with Crippen LogP contribution in [0.25, 0.3) is 0 Å². The second-order valence-corrected chi connectivity index (χ2v) is 7.41. The number of carbonyl (C=O) groups is 1. The normalized spacial score (nSPS) is 25.8. The van der Waals surface area contributed by atoms with Gasteiger partial charge in [0.25, 0.3) is 0 Å². The average molecular weight is 331 g/mol. The van der Waals surface area contributed by atoms with E-state index >= 15 is 0 Å². The fourth-order valence-electron chi connectivity index (χ4n) is 3.96. The number of carbonyl (C=O) groups excluding carboxylic acids is 1. The summed E-state index contributed by atoms with van der Waals surface area (Å²) in [6.45, 7) is 6.94. The topological polar surface area (TPSA) is 45.7 Å². The van der Waals surface area contributed by atoms with Crippen LogP contribution in [0.3, 0.4) is 0 Å². The number of piperidine rings is 1. The van der Waals surface area contributed by atoms with Crippen molar-refractivity contribution in [3.8, 4) is 0 Å². The summed E-state index contributed by atoms with van der Waals surface area (Å²) in [5.74, 6) is 0.744. The van der Waals surface area contributed by atoms with Crippen LogP contribution in [0, 0.1) is 5.92 Å².